The van der Waals surface area contributed by atoms with Crippen molar-refractivity contribution in [2.45, 2.75) is 32.1 Å². The molecule has 0 saturated carbocycles. The molecule has 70 valence electrons. The molecule has 3 nitrogen and oxygen atoms in total. The first-order valence-corrected chi connectivity index (χ1v) is 6.25. The molecule has 0 aromatic heterocycles. The predicted molar refractivity (Wildman–Crippen MR) is 50.5 cm³/mol. The van der Waals surface area contributed by atoms with Crippen molar-refractivity contribution in [1.82, 2.24) is 0 Å². The van der Waals surface area contributed by atoms with Crippen LogP contribution in [0, 0.1) is 5.41 Å². The number of hydrogen-bond donors (Lipinski definition) is 1. The summed E-state index contributed by atoms with van der Waals surface area (Å²) in [6.07, 6.45) is 0.540. The Balaban J connectivity index is -0.000000500. The van der Waals surface area contributed by atoms with Gasteiger partial charge in [-0.2, -0.15) is 8.42 Å². The molecule has 0 aromatic rings. The van der Waals surface area contributed by atoms with E-state index in [4.69, 9.17) is 4.55 Å². The molecule has 0 spiro atoms. The zero-order valence-electron chi connectivity index (χ0n) is 9.46. The molecule has 12 heavy (non-hydrogen) atoms. The Hall–Kier alpha value is 1.13. The minimum atomic E-state index is -3.77. The summed E-state index contributed by atoms with van der Waals surface area (Å²) in [5.74, 6) is 0. The quantitative estimate of drug-likeness (QED) is 0.402. The van der Waals surface area contributed by atoms with Crippen LogP contribution in [0.4, 0.5) is 0 Å². The van der Waals surface area contributed by atoms with Crippen LogP contribution >= 0.6 is 0 Å². The fourth-order valence-electron chi connectivity index (χ4n) is 0.968. The molecule has 0 aliphatic heterocycles. The SMILES string of the molecule is CC(C)(C)CC([SiH3])S(=O)(=O)O.[H-].[Na+]. The Morgan fingerprint density at radius 1 is 1.50 bits per heavy atom. The fourth-order valence-corrected chi connectivity index (χ4v) is 2.90. The van der Waals surface area contributed by atoms with Crippen molar-refractivity contribution in [3.8, 4) is 0 Å². The maximum atomic E-state index is 10.6. The third-order valence-electron chi connectivity index (χ3n) is 1.41. The first kappa shape index (κ1) is 15.6. The van der Waals surface area contributed by atoms with Gasteiger partial charge in [0.1, 0.15) is 0 Å². The summed E-state index contributed by atoms with van der Waals surface area (Å²) in [5.41, 5.74) is -0.0256. The standard InChI is InChI=1S/C6H16O3SSi.Na.H/c1-6(2,3)4-5(11)10(7,8)9;;/h5H,4H2,1-3,11H3,(H,7,8,9);;/q;+1;-1. The van der Waals surface area contributed by atoms with E-state index in [1.807, 2.05) is 20.8 Å². The summed E-state index contributed by atoms with van der Waals surface area (Å²) in [7, 11) is -3.28. The van der Waals surface area contributed by atoms with Crippen LogP contribution < -0.4 is 29.6 Å². The van der Waals surface area contributed by atoms with Gasteiger partial charge in [-0.3, -0.25) is 4.55 Å². The molecular formula is C6H17NaO3SSi. The Morgan fingerprint density at radius 2 is 1.83 bits per heavy atom. The van der Waals surface area contributed by atoms with Crippen LogP contribution in [-0.4, -0.2) is 28.1 Å². The molecule has 0 bridgehead atoms. The van der Waals surface area contributed by atoms with E-state index in [1.54, 1.807) is 0 Å². The van der Waals surface area contributed by atoms with Gasteiger partial charge in [0, 0.05) is 10.2 Å². The molecule has 6 heteroatoms. The van der Waals surface area contributed by atoms with Gasteiger partial charge in [-0.25, -0.2) is 0 Å². The summed E-state index contributed by atoms with van der Waals surface area (Å²) < 4.78 is 29.9. The van der Waals surface area contributed by atoms with Gasteiger partial charge < -0.3 is 1.43 Å². The second-order valence-corrected chi connectivity index (χ2v) is 8.16. The van der Waals surface area contributed by atoms with Crippen molar-refractivity contribution in [1.29, 1.82) is 0 Å². The van der Waals surface area contributed by atoms with Crippen molar-refractivity contribution < 1.29 is 44.0 Å². The molecule has 0 rings (SSSR count). The van der Waals surface area contributed by atoms with E-state index >= 15 is 0 Å². The molecule has 1 atom stereocenters. The van der Waals surface area contributed by atoms with E-state index in [9.17, 15) is 8.42 Å². The summed E-state index contributed by atoms with van der Waals surface area (Å²) >= 11 is 0. The predicted octanol–water partition coefficient (Wildman–Crippen LogP) is -2.88. The number of rotatable bonds is 2. The molecular weight excluding hydrogens is 203 g/mol. The van der Waals surface area contributed by atoms with Gasteiger partial charge in [-0.1, -0.05) is 20.8 Å². The van der Waals surface area contributed by atoms with Crippen LogP contribution in [-0.2, 0) is 10.1 Å². The van der Waals surface area contributed by atoms with E-state index in [2.05, 4.69) is 0 Å². The van der Waals surface area contributed by atoms with Crippen molar-refractivity contribution in [2.75, 3.05) is 0 Å². The van der Waals surface area contributed by atoms with Crippen molar-refractivity contribution in [3.63, 3.8) is 0 Å². The Morgan fingerprint density at radius 3 is 1.92 bits per heavy atom. The first-order valence-electron chi connectivity index (χ1n) is 3.59. The Bertz CT molecular complexity index is 225. The molecule has 1 N–H and O–H groups in total. The molecule has 0 aliphatic carbocycles. The van der Waals surface area contributed by atoms with Gasteiger partial charge in [-0.05, 0) is 11.8 Å². The van der Waals surface area contributed by atoms with Gasteiger partial charge in [-0.15, -0.1) is 0 Å². The van der Waals surface area contributed by atoms with E-state index in [-0.39, 0.29) is 36.4 Å². The van der Waals surface area contributed by atoms with Crippen LogP contribution in [0.5, 0.6) is 0 Å². The Kier molecular flexibility index (Phi) is 6.65. The largest absolute Gasteiger partial charge is 1.00 e. The average Bonchev–Trinajstić information content (AvgIpc) is 1.56. The summed E-state index contributed by atoms with van der Waals surface area (Å²) in [5, 5.41) is 0. The van der Waals surface area contributed by atoms with Crippen molar-refractivity contribution >= 4 is 20.4 Å². The zero-order chi connectivity index (χ0) is 9.28. The third-order valence-corrected chi connectivity index (χ3v) is 4.79. The third kappa shape index (κ3) is 7.76. The monoisotopic (exact) mass is 220 g/mol. The Labute approximate surface area is 101 Å². The minimum Gasteiger partial charge on any atom is -1.00 e. The molecule has 1 unspecified atom stereocenters. The molecule has 0 aromatic carbocycles. The molecule has 0 radical (unpaired) electrons. The van der Waals surface area contributed by atoms with E-state index < -0.39 is 15.0 Å². The molecule has 0 heterocycles. The van der Waals surface area contributed by atoms with Gasteiger partial charge in [0.2, 0.25) is 0 Å². The van der Waals surface area contributed by atoms with E-state index in [1.165, 1.54) is 0 Å². The smallest absolute Gasteiger partial charge is 1.00 e. The van der Waals surface area contributed by atoms with E-state index in [0.29, 0.717) is 16.7 Å². The van der Waals surface area contributed by atoms with Crippen molar-refractivity contribution in [3.05, 3.63) is 0 Å². The van der Waals surface area contributed by atoms with Gasteiger partial charge in [0.05, 0.1) is 4.87 Å². The van der Waals surface area contributed by atoms with Crippen LogP contribution in [0.3, 0.4) is 0 Å². The maximum Gasteiger partial charge on any atom is 1.00 e. The van der Waals surface area contributed by atoms with Gasteiger partial charge >= 0.3 is 29.6 Å². The second-order valence-electron chi connectivity index (χ2n) is 4.09. The molecule has 0 aliphatic rings. The van der Waals surface area contributed by atoms with Crippen LogP contribution in [0.25, 0.3) is 0 Å². The van der Waals surface area contributed by atoms with E-state index in [0.717, 1.165) is 0 Å². The minimum absolute atomic E-state index is 0. The second kappa shape index (κ2) is 5.12. The molecule has 0 fully saturated rings. The first-order chi connectivity index (χ1) is 4.63. The van der Waals surface area contributed by atoms with Crippen LogP contribution in [0.1, 0.15) is 28.6 Å². The van der Waals surface area contributed by atoms with Crippen LogP contribution in [0.15, 0.2) is 0 Å². The van der Waals surface area contributed by atoms with Crippen LogP contribution in [0.2, 0.25) is 0 Å². The zero-order valence-corrected chi connectivity index (χ0v) is 13.3. The summed E-state index contributed by atoms with van der Waals surface area (Å²) in [6.45, 7) is 5.88. The van der Waals surface area contributed by atoms with Gasteiger partial charge in [0.25, 0.3) is 10.1 Å². The number of hydrogen-bond acceptors (Lipinski definition) is 2. The molecule has 0 amide bonds. The normalized spacial score (nSPS) is 15.3. The topological polar surface area (TPSA) is 54.4 Å². The fraction of sp³-hybridized carbons (Fsp3) is 1.00. The van der Waals surface area contributed by atoms with Crippen molar-refractivity contribution in [2.24, 2.45) is 5.41 Å². The molecule has 0 saturated heterocycles. The maximum absolute atomic E-state index is 10.6. The summed E-state index contributed by atoms with van der Waals surface area (Å²) in [4.78, 5) is -0.525. The summed E-state index contributed by atoms with van der Waals surface area (Å²) in [6, 6.07) is 0. The van der Waals surface area contributed by atoms with Gasteiger partial charge in [0.15, 0.2) is 0 Å². The average molecular weight is 220 g/mol.